The lowest BCUT2D eigenvalue weighted by molar-refractivity contribution is -1.02. The summed E-state index contributed by atoms with van der Waals surface area (Å²) in [6, 6.07) is 11.6. The summed E-state index contributed by atoms with van der Waals surface area (Å²) in [4.78, 5) is 3.16. The Bertz CT molecular complexity index is 763. The molecule has 4 rings (SSSR count). The van der Waals surface area contributed by atoms with Crippen LogP contribution in [0, 0.1) is 5.82 Å². The Balaban J connectivity index is 1.30. The van der Waals surface area contributed by atoms with E-state index >= 15 is 0 Å². The van der Waals surface area contributed by atoms with E-state index in [4.69, 9.17) is 9.47 Å². The summed E-state index contributed by atoms with van der Waals surface area (Å²) >= 11 is 3.27. The van der Waals surface area contributed by atoms with E-state index in [1.54, 1.807) is 15.9 Å². The van der Waals surface area contributed by atoms with Crippen LogP contribution >= 0.6 is 15.9 Å². The summed E-state index contributed by atoms with van der Waals surface area (Å²) in [6.45, 7) is 6.86. The number of halogens is 2. The van der Waals surface area contributed by atoms with Gasteiger partial charge in [-0.25, -0.2) is 4.39 Å². The molecule has 2 aromatic carbocycles. The predicted octanol–water partition coefficient (Wildman–Crippen LogP) is 0.800. The number of quaternary nitrogens is 2. The monoisotopic (exact) mass is 408 g/mol. The Morgan fingerprint density at radius 1 is 0.840 bits per heavy atom. The normalized spacial score (nSPS) is 22.2. The van der Waals surface area contributed by atoms with Crippen LogP contribution in [0.1, 0.15) is 11.1 Å². The molecule has 0 aliphatic carbocycles. The van der Waals surface area contributed by atoms with Crippen molar-refractivity contribution in [2.45, 2.75) is 13.1 Å². The molecule has 0 unspecified atom stereocenters. The topological polar surface area (TPSA) is 27.3 Å². The van der Waals surface area contributed by atoms with E-state index in [0.29, 0.717) is 11.3 Å². The van der Waals surface area contributed by atoms with Crippen LogP contribution in [0.15, 0.2) is 40.9 Å². The van der Waals surface area contributed by atoms with Crippen molar-refractivity contribution < 1.29 is 23.7 Å². The fourth-order valence-corrected chi connectivity index (χ4v) is 4.01. The lowest BCUT2D eigenvalue weighted by Crippen LogP contribution is -3.27. The second-order valence-corrected chi connectivity index (χ2v) is 7.64. The van der Waals surface area contributed by atoms with Gasteiger partial charge in [-0.15, -0.1) is 0 Å². The standard InChI is InChI=1S/C19H20BrFN2O2/c20-16-9-14(1-3-17(16)21)11-22-5-7-23(8-6-22)12-15-2-4-18-19(10-15)25-13-24-18/h1-4,9-10H,5-8,11-13H2/p+2. The molecule has 0 bridgehead atoms. The highest BCUT2D eigenvalue weighted by atomic mass is 79.9. The molecule has 2 N–H and O–H groups in total. The number of ether oxygens (including phenoxy) is 2. The molecule has 2 heterocycles. The predicted molar refractivity (Wildman–Crippen MR) is 95.5 cm³/mol. The molecular formula is C19H22BrFN2O2+2. The molecule has 0 aromatic heterocycles. The van der Waals surface area contributed by atoms with Crippen molar-refractivity contribution in [1.29, 1.82) is 0 Å². The first kappa shape index (κ1) is 16.8. The lowest BCUT2D eigenvalue weighted by atomic mass is 10.1. The number of hydrogen-bond donors (Lipinski definition) is 2. The van der Waals surface area contributed by atoms with Gasteiger partial charge in [-0.1, -0.05) is 6.07 Å². The Morgan fingerprint density at radius 2 is 1.44 bits per heavy atom. The van der Waals surface area contributed by atoms with Gasteiger partial charge < -0.3 is 19.3 Å². The van der Waals surface area contributed by atoms with E-state index in [-0.39, 0.29) is 5.82 Å². The van der Waals surface area contributed by atoms with Crippen molar-refractivity contribution in [1.82, 2.24) is 0 Å². The molecule has 1 saturated heterocycles. The number of piperazine rings is 1. The zero-order valence-electron chi connectivity index (χ0n) is 14.0. The quantitative estimate of drug-likeness (QED) is 0.782. The average molecular weight is 409 g/mol. The molecule has 0 spiro atoms. The van der Waals surface area contributed by atoms with Gasteiger partial charge in [0.1, 0.15) is 45.1 Å². The highest BCUT2D eigenvalue weighted by Crippen LogP contribution is 2.32. The molecular weight excluding hydrogens is 387 g/mol. The van der Waals surface area contributed by atoms with E-state index < -0.39 is 0 Å². The molecule has 6 heteroatoms. The van der Waals surface area contributed by atoms with Gasteiger partial charge in [-0.05, 0) is 46.3 Å². The Hall–Kier alpha value is -1.63. The SMILES string of the molecule is Fc1ccc(C[NH+]2CC[NH+](Cc3ccc4c(c3)OCO4)CC2)cc1Br. The molecule has 2 aliphatic rings. The van der Waals surface area contributed by atoms with Gasteiger partial charge in [0.2, 0.25) is 6.79 Å². The fraction of sp³-hybridized carbons (Fsp3) is 0.368. The van der Waals surface area contributed by atoms with Crippen molar-refractivity contribution in [3.05, 3.63) is 57.8 Å². The van der Waals surface area contributed by atoms with Crippen LogP contribution in [0.3, 0.4) is 0 Å². The van der Waals surface area contributed by atoms with Crippen molar-refractivity contribution in [2.24, 2.45) is 0 Å². The van der Waals surface area contributed by atoms with E-state index in [1.165, 1.54) is 11.1 Å². The van der Waals surface area contributed by atoms with E-state index in [2.05, 4.69) is 28.1 Å². The van der Waals surface area contributed by atoms with Gasteiger partial charge in [0, 0.05) is 11.1 Å². The van der Waals surface area contributed by atoms with Crippen molar-refractivity contribution >= 4 is 15.9 Å². The summed E-state index contributed by atoms with van der Waals surface area (Å²) in [5, 5.41) is 0. The van der Waals surface area contributed by atoms with Gasteiger partial charge in [0.05, 0.1) is 4.47 Å². The number of rotatable bonds is 4. The first-order valence-electron chi connectivity index (χ1n) is 8.67. The highest BCUT2D eigenvalue weighted by molar-refractivity contribution is 9.10. The summed E-state index contributed by atoms with van der Waals surface area (Å²) in [6.07, 6.45) is 0. The lowest BCUT2D eigenvalue weighted by Gasteiger charge is -2.29. The minimum Gasteiger partial charge on any atom is -0.454 e. The average Bonchev–Trinajstić information content (AvgIpc) is 3.08. The number of benzene rings is 2. The van der Waals surface area contributed by atoms with Crippen molar-refractivity contribution in [2.75, 3.05) is 33.0 Å². The van der Waals surface area contributed by atoms with Gasteiger partial charge >= 0.3 is 0 Å². The third kappa shape index (κ3) is 3.97. The highest BCUT2D eigenvalue weighted by Gasteiger charge is 2.24. The van der Waals surface area contributed by atoms with Crippen LogP contribution in [0.5, 0.6) is 11.5 Å². The first-order chi connectivity index (χ1) is 12.2. The van der Waals surface area contributed by atoms with Gasteiger partial charge in [-0.3, -0.25) is 0 Å². The van der Waals surface area contributed by atoms with E-state index in [1.807, 2.05) is 18.2 Å². The Labute approximate surface area is 155 Å². The molecule has 0 atom stereocenters. The summed E-state index contributed by atoms with van der Waals surface area (Å²) in [7, 11) is 0. The van der Waals surface area contributed by atoms with Gasteiger partial charge in [0.15, 0.2) is 11.5 Å². The van der Waals surface area contributed by atoms with E-state index in [9.17, 15) is 4.39 Å². The maximum atomic E-state index is 13.3. The van der Waals surface area contributed by atoms with Crippen molar-refractivity contribution in [3.63, 3.8) is 0 Å². The summed E-state index contributed by atoms with van der Waals surface area (Å²) in [5.74, 6) is 1.51. The Kier molecular flexibility index (Phi) is 4.92. The van der Waals surface area contributed by atoms with Crippen LogP contribution in [-0.4, -0.2) is 33.0 Å². The minimum absolute atomic E-state index is 0.197. The number of hydrogen-bond acceptors (Lipinski definition) is 2. The molecule has 1 fully saturated rings. The van der Waals surface area contributed by atoms with E-state index in [0.717, 1.165) is 50.8 Å². The zero-order valence-corrected chi connectivity index (χ0v) is 15.6. The fourth-order valence-electron chi connectivity index (χ4n) is 3.59. The molecule has 4 nitrogen and oxygen atoms in total. The molecule has 2 aromatic rings. The zero-order chi connectivity index (χ0) is 17.2. The molecule has 2 aliphatic heterocycles. The molecule has 0 radical (unpaired) electrons. The maximum Gasteiger partial charge on any atom is 0.231 e. The van der Waals surface area contributed by atoms with Crippen LogP contribution in [-0.2, 0) is 13.1 Å². The second kappa shape index (κ2) is 7.32. The molecule has 0 saturated carbocycles. The number of nitrogens with one attached hydrogen (secondary N) is 2. The summed E-state index contributed by atoms with van der Waals surface area (Å²) < 4.78 is 24.7. The third-order valence-electron chi connectivity index (χ3n) is 4.99. The van der Waals surface area contributed by atoms with Crippen LogP contribution < -0.4 is 19.3 Å². The summed E-state index contributed by atoms with van der Waals surface area (Å²) in [5.41, 5.74) is 2.48. The van der Waals surface area contributed by atoms with Crippen molar-refractivity contribution in [3.8, 4) is 11.5 Å². The van der Waals surface area contributed by atoms with Gasteiger partial charge in [-0.2, -0.15) is 0 Å². The molecule has 132 valence electrons. The second-order valence-electron chi connectivity index (χ2n) is 6.79. The van der Waals surface area contributed by atoms with Crippen LogP contribution in [0.2, 0.25) is 0 Å². The van der Waals surface area contributed by atoms with Crippen LogP contribution in [0.25, 0.3) is 0 Å². The van der Waals surface area contributed by atoms with Crippen LogP contribution in [0.4, 0.5) is 4.39 Å². The maximum absolute atomic E-state index is 13.3. The minimum atomic E-state index is -0.197. The Morgan fingerprint density at radius 3 is 2.12 bits per heavy atom. The molecule has 0 amide bonds. The first-order valence-corrected chi connectivity index (χ1v) is 9.46. The largest absolute Gasteiger partial charge is 0.454 e. The van der Waals surface area contributed by atoms with Gasteiger partial charge in [0.25, 0.3) is 0 Å². The third-order valence-corrected chi connectivity index (χ3v) is 5.60. The number of fused-ring (bicyclic) bond motifs is 1. The molecule has 25 heavy (non-hydrogen) atoms. The smallest absolute Gasteiger partial charge is 0.231 e.